The predicted octanol–water partition coefficient (Wildman–Crippen LogP) is 6.17. The molecule has 4 aromatic rings. The number of ether oxygens (including phenoxy) is 2. The van der Waals surface area contributed by atoms with Crippen LogP contribution in [0.15, 0.2) is 52.9 Å². The van der Waals surface area contributed by atoms with E-state index in [0.717, 1.165) is 12.8 Å². The van der Waals surface area contributed by atoms with Crippen molar-refractivity contribution in [2.75, 3.05) is 6.61 Å². The molecule has 0 atom stereocenters. The van der Waals surface area contributed by atoms with Crippen LogP contribution in [0.4, 0.5) is 0 Å². The van der Waals surface area contributed by atoms with Gasteiger partial charge in [0, 0.05) is 5.56 Å². The first-order valence-corrected chi connectivity index (χ1v) is 9.91. The van der Waals surface area contributed by atoms with E-state index >= 15 is 0 Å². The molecule has 1 fully saturated rings. The monoisotopic (exact) mass is 427 g/mol. The number of nitrogens with zero attached hydrogens (tertiary/aromatic N) is 3. The molecule has 0 amide bonds. The Bertz CT molecular complexity index is 1180. The lowest BCUT2D eigenvalue weighted by atomic mass is 10.2. The average molecular weight is 428 g/mol. The summed E-state index contributed by atoms with van der Waals surface area (Å²) < 4.78 is 17.6. The molecule has 0 N–H and O–H groups in total. The number of hydrogen-bond acceptors (Lipinski definition) is 6. The van der Waals surface area contributed by atoms with E-state index in [2.05, 4.69) is 15.0 Å². The fraction of sp³-hybridized carbons (Fsp3) is 0.190. The standard InChI is InChI=1S/C21H15Cl2N3O3/c22-15-9-8-13(10-16(15)23)18-24-17-19(27-11-12-6-7-12)25-21(26-20(17)29-18)28-14-4-2-1-3-5-14/h1-5,8-10,12H,6-7,11H2. The highest BCUT2D eigenvalue weighted by atomic mass is 35.5. The molecule has 2 aromatic carbocycles. The van der Waals surface area contributed by atoms with Gasteiger partial charge in [-0.25, -0.2) is 4.98 Å². The minimum atomic E-state index is 0.131. The fourth-order valence-corrected chi connectivity index (χ4v) is 3.05. The zero-order chi connectivity index (χ0) is 19.8. The third-order valence-corrected chi connectivity index (χ3v) is 5.22. The van der Waals surface area contributed by atoms with Gasteiger partial charge in [0.1, 0.15) is 5.75 Å². The minimum absolute atomic E-state index is 0.131. The maximum absolute atomic E-state index is 6.13. The minimum Gasteiger partial charge on any atom is -0.476 e. The lowest BCUT2D eigenvalue weighted by Gasteiger charge is -2.07. The summed E-state index contributed by atoms with van der Waals surface area (Å²) in [6.07, 6.45) is 2.32. The summed E-state index contributed by atoms with van der Waals surface area (Å²) in [5.41, 5.74) is 1.39. The van der Waals surface area contributed by atoms with E-state index in [-0.39, 0.29) is 11.7 Å². The quantitative estimate of drug-likeness (QED) is 0.366. The summed E-state index contributed by atoms with van der Waals surface area (Å²) in [4.78, 5) is 13.3. The van der Waals surface area contributed by atoms with Crippen molar-refractivity contribution in [2.45, 2.75) is 12.8 Å². The molecule has 0 bridgehead atoms. The molecule has 0 saturated heterocycles. The highest BCUT2D eigenvalue weighted by Crippen LogP contribution is 2.35. The second-order valence-corrected chi connectivity index (χ2v) is 7.60. The molecule has 29 heavy (non-hydrogen) atoms. The number of benzene rings is 2. The van der Waals surface area contributed by atoms with E-state index in [1.54, 1.807) is 18.2 Å². The molecule has 2 aromatic heterocycles. The first-order valence-electron chi connectivity index (χ1n) is 9.15. The molecule has 0 spiro atoms. The topological polar surface area (TPSA) is 70.3 Å². The van der Waals surface area contributed by atoms with Gasteiger partial charge in [-0.1, -0.05) is 41.4 Å². The zero-order valence-electron chi connectivity index (χ0n) is 15.1. The largest absolute Gasteiger partial charge is 0.476 e. The van der Waals surface area contributed by atoms with Crippen LogP contribution < -0.4 is 9.47 Å². The van der Waals surface area contributed by atoms with Crippen molar-refractivity contribution >= 4 is 34.4 Å². The van der Waals surface area contributed by atoms with Gasteiger partial charge in [0.05, 0.1) is 16.7 Å². The maximum atomic E-state index is 6.13. The summed E-state index contributed by atoms with van der Waals surface area (Å²) in [6.45, 7) is 0.575. The van der Waals surface area contributed by atoms with Crippen LogP contribution in [0.3, 0.4) is 0 Å². The van der Waals surface area contributed by atoms with E-state index in [1.165, 1.54) is 0 Å². The molecule has 1 aliphatic carbocycles. The molecular formula is C21H15Cl2N3O3. The van der Waals surface area contributed by atoms with Gasteiger partial charge in [-0.15, -0.1) is 0 Å². The third kappa shape index (κ3) is 3.99. The van der Waals surface area contributed by atoms with Crippen LogP contribution in [0, 0.1) is 5.92 Å². The van der Waals surface area contributed by atoms with Crippen LogP contribution in [0.25, 0.3) is 22.7 Å². The second-order valence-electron chi connectivity index (χ2n) is 6.78. The molecule has 0 unspecified atom stereocenters. The maximum Gasteiger partial charge on any atom is 0.328 e. The van der Waals surface area contributed by atoms with Crippen molar-refractivity contribution in [1.29, 1.82) is 0 Å². The number of oxazole rings is 1. The van der Waals surface area contributed by atoms with Crippen molar-refractivity contribution in [3.05, 3.63) is 58.6 Å². The predicted molar refractivity (Wildman–Crippen MR) is 110 cm³/mol. The van der Waals surface area contributed by atoms with Crippen molar-refractivity contribution in [3.63, 3.8) is 0 Å². The summed E-state index contributed by atoms with van der Waals surface area (Å²) >= 11 is 12.1. The van der Waals surface area contributed by atoms with Crippen molar-refractivity contribution < 1.29 is 13.9 Å². The molecule has 0 radical (unpaired) electrons. The first-order chi connectivity index (χ1) is 14.2. The molecule has 0 aliphatic heterocycles. The molecule has 1 aliphatic rings. The van der Waals surface area contributed by atoms with E-state index in [4.69, 9.17) is 37.1 Å². The van der Waals surface area contributed by atoms with Crippen LogP contribution in [0.1, 0.15) is 12.8 Å². The molecule has 6 nitrogen and oxygen atoms in total. The normalized spacial score (nSPS) is 13.6. The highest BCUT2D eigenvalue weighted by molar-refractivity contribution is 6.42. The number of aromatic nitrogens is 3. The van der Waals surface area contributed by atoms with Gasteiger partial charge in [0.15, 0.2) is 5.52 Å². The fourth-order valence-electron chi connectivity index (χ4n) is 2.75. The van der Waals surface area contributed by atoms with Gasteiger partial charge < -0.3 is 13.9 Å². The molecule has 1 saturated carbocycles. The molecule has 146 valence electrons. The van der Waals surface area contributed by atoms with Crippen LogP contribution in [0.2, 0.25) is 10.0 Å². The Hall–Kier alpha value is -2.83. The van der Waals surface area contributed by atoms with Gasteiger partial charge in [-0.2, -0.15) is 9.97 Å². The number of rotatable bonds is 6. The SMILES string of the molecule is Clc1ccc(-c2nc3c(OCC4CC4)nc(Oc4ccccc4)nc3o2)cc1Cl. The summed E-state index contributed by atoms with van der Waals surface area (Å²) in [7, 11) is 0. The summed E-state index contributed by atoms with van der Waals surface area (Å²) in [5, 5.41) is 0.870. The van der Waals surface area contributed by atoms with Crippen molar-refractivity contribution in [2.24, 2.45) is 5.92 Å². The van der Waals surface area contributed by atoms with Crippen LogP contribution in [-0.4, -0.2) is 21.6 Å². The number of hydrogen-bond donors (Lipinski definition) is 0. The van der Waals surface area contributed by atoms with Crippen LogP contribution in [0.5, 0.6) is 17.6 Å². The van der Waals surface area contributed by atoms with Gasteiger partial charge in [0.2, 0.25) is 5.89 Å². The summed E-state index contributed by atoms with van der Waals surface area (Å²) in [6, 6.07) is 14.6. The lowest BCUT2D eigenvalue weighted by Crippen LogP contribution is -2.03. The first kappa shape index (κ1) is 18.2. The smallest absolute Gasteiger partial charge is 0.328 e. The molecule has 2 heterocycles. The number of halogens is 2. The van der Waals surface area contributed by atoms with Crippen LogP contribution in [-0.2, 0) is 0 Å². The number of para-hydroxylation sites is 1. The molecule has 5 rings (SSSR count). The Morgan fingerprint density at radius 3 is 2.55 bits per heavy atom. The number of fused-ring (bicyclic) bond motifs is 1. The van der Waals surface area contributed by atoms with Gasteiger partial charge in [0.25, 0.3) is 11.6 Å². The van der Waals surface area contributed by atoms with Gasteiger partial charge in [-0.3, -0.25) is 0 Å². The molecule has 8 heteroatoms. The Labute approximate surface area is 176 Å². The van der Waals surface area contributed by atoms with Crippen molar-refractivity contribution in [3.8, 4) is 29.1 Å². The zero-order valence-corrected chi connectivity index (χ0v) is 16.7. The second kappa shape index (κ2) is 7.54. The Kier molecular flexibility index (Phi) is 4.73. The Morgan fingerprint density at radius 1 is 0.966 bits per heavy atom. The highest BCUT2D eigenvalue weighted by Gasteiger charge is 2.24. The average Bonchev–Trinajstić information content (AvgIpc) is 3.46. The van der Waals surface area contributed by atoms with Crippen LogP contribution >= 0.6 is 23.2 Å². The Balaban J connectivity index is 1.55. The van der Waals surface area contributed by atoms with E-state index in [1.807, 2.05) is 30.3 Å². The van der Waals surface area contributed by atoms with Gasteiger partial charge in [-0.05, 0) is 49.1 Å². The summed E-state index contributed by atoms with van der Waals surface area (Å²) in [5.74, 6) is 1.85. The third-order valence-electron chi connectivity index (χ3n) is 4.48. The van der Waals surface area contributed by atoms with Crippen molar-refractivity contribution in [1.82, 2.24) is 15.0 Å². The molecular weight excluding hydrogens is 413 g/mol. The van der Waals surface area contributed by atoms with E-state index < -0.39 is 0 Å². The lowest BCUT2D eigenvalue weighted by molar-refractivity contribution is 0.286. The Morgan fingerprint density at radius 2 is 1.79 bits per heavy atom. The van der Waals surface area contributed by atoms with Gasteiger partial charge >= 0.3 is 6.01 Å². The van der Waals surface area contributed by atoms with E-state index in [9.17, 15) is 0 Å². The van der Waals surface area contributed by atoms with E-state index in [0.29, 0.717) is 51.2 Å².